The molecule has 1 aromatic heterocycles. The Morgan fingerprint density at radius 3 is 2.50 bits per heavy atom. The molecule has 0 aliphatic heterocycles. The van der Waals surface area contributed by atoms with Gasteiger partial charge in [0.15, 0.2) is 0 Å². The minimum atomic E-state index is -4.66. The van der Waals surface area contributed by atoms with Gasteiger partial charge in [0, 0.05) is 10.9 Å². The zero-order chi connectivity index (χ0) is 15.7. The fraction of sp³-hybridized carbons (Fsp3) is 0.133. The molecule has 0 aliphatic carbocycles. The van der Waals surface area contributed by atoms with Gasteiger partial charge >= 0.3 is 6.36 Å². The number of benzene rings is 2. The predicted octanol–water partition coefficient (Wildman–Crippen LogP) is 5.55. The molecule has 0 saturated carbocycles. The Morgan fingerprint density at radius 1 is 1.09 bits per heavy atom. The smallest absolute Gasteiger partial charge is 0.406 e. The summed E-state index contributed by atoms with van der Waals surface area (Å²) < 4.78 is 42.2. The summed E-state index contributed by atoms with van der Waals surface area (Å²) in [7, 11) is 0. The zero-order valence-corrected chi connectivity index (χ0v) is 13.4. The molecule has 0 bridgehead atoms. The molecule has 0 saturated heterocycles. The average Bonchev–Trinajstić information content (AvgIpc) is 2.80. The molecule has 0 N–H and O–H groups in total. The first kappa shape index (κ1) is 15.3. The second-order valence-corrected chi connectivity index (χ2v) is 6.62. The first-order valence-corrected chi connectivity index (χ1v) is 7.90. The highest BCUT2D eigenvalue weighted by Crippen LogP contribution is 2.28. The van der Waals surface area contributed by atoms with Crippen LogP contribution in [0.1, 0.15) is 10.6 Å². The molecule has 0 fully saturated rings. The van der Waals surface area contributed by atoms with Crippen molar-refractivity contribution in [2.45, 2.75) is 12.8 Å². The number of rotatable bonds is 3. The van der Waals surface area contributed by atoms with E-state index >= 15 is 0 Å². The van der Waals surface area contributed by atoms with Crippen LogP contribution in [0, 0.1) is 0 Å². The van der Waals surface area contributed by atoms with E-state index in [1.807, 2.05) is 18.2 Å². The van der Waals surface area contributed by atoms with E-state index in [-0.39, 0.29) is 5.75 Å². The lowest BCUT2D eigenvalue weighted by molar-refractivity contribution is -0.274. The first-order chi connectivity index (χ1) is 10.4. The normalized spacial score (nSPS) is 11.8. The van der Waals surface area contributed by atoms with Crippen LogP contribution in [0.5, 0.6) is 5.75 Å². The van der Waals surface area contributed by atoms with Crippen LogP contribution in [0.4, 0.5) is 13.2 Å². The van der Waals surface area contributed by atoms with Crippen molar-refractivity contribution in [2.75, 3.05) is 0 Å². The van der Waals surface area contributed by atoms with E-state index in [0.29, 0.717) is 6.42 Å². The fourth-order valence-electron chi connectivity index (χ4n) is 2.01. The number of thiazole rings is 1. The van der Waals surface area contributed by atoms with Crippen molar-refractivity contribution in [2.24, 2.45) is 0 Å². The van der Waals surface area contributed by atoms with Crippen molar-refractivity contribution in [3.63, 3.8) is 0 Å². The molecule has 0 unspecified atom stereocenters. The Balaban J connectivity index is 1.77. The minimum absolute atomic E-state index is 0.218. The molecule has 7 heteroatoms. The van der Waals surface area contributed by atoms with Crippen molar-refractivity contribution in [1.82, 2.24) is 4.98 Å². The molecule has 2 aromatic carbocycles. The van der Waals surface area contributed by atoms with Gasteiger partial charge in [-0.1, -0.05) is 28.1 Å². The summed E-state index contributed by atoms with van der Waals surface area (Å²) in [6, 6.07) is 11.7. The quantitative estimate of drug-likeness (QED) is 0.587. The lowest BCUT2D eigenvalue weighted by atomic mass is 10.1. The van der Waals surface area contributed by atoms with Gasteiger partial charge in [-0.05, 0) is 35.9 Å². The Bertz CT molecular complexity index is 799. The van der Waals surface area contributed by atoms with Crippen LogP contribution in [0.2, 0.25) is 0 Å². The molecule has 0 radical (unpaired) electrons. The number of hydrogen-bond acceptors (Lipinski definition) is 3. The van der Waals surface area contributed by atoms with Crippen LogP contribution in [0.25, 0.3) is 10.2 Å². The van der Waals surface area contributed by atoms with Gasteiger partial charge in [0.2, 0.25) is 0 Å². The lowest BCUT2D eigenvalue weighted by Gasteiger charge is -2.08. The number of halogens is 4. The molecule has 114 valence electrons. The van der Waals surface area contributed by atoms with Gasteiger partial charge in [-0.2, -0.15) is 0 Å². The van der Waals surface area contributed by atoms with Gasteiger partial charge in [-0.25, -0.2) is 4.98 Å². The number of aromatic nitrogens is 1. The molecule has 1 heterocycles. The van der Waals surface area contributed by atoms with Gasteiger partial charge in [0.05, 0.1) is 15.2 Å². The number of nitrogens with zero attached hydrogens (tertiary/aromatic N) is 1. The summed E-state index contributed by atoms with van der Waals surface area (Å²) in [5.41, 5.74) is 1.80. The summed E-state index contributed by atoms with van der Waals surface area (Å²) in [5, 5.41) is 0.914. The molecule has 0 spiro atoms. The number of alkyl halides is 3. The van der Waals surface area contributed by atoms with Crippen molar-refractivity contribution in [3.8, 4) is 5.75 Å². The van der Waals surface area contributed by atoms with E-state index in [1.165, 1.54) is 12.1 Å². The second-order valence-electron chi connectivity index (χ2n) is 4.59. The maximum absolute atomic E-state index is 12.1. The summed E-state index contributed by atoms with van der Waals surface area (Å²) >= 11 is 4.98. The average molecular weight is 388 g/mol. The van der Waals surface area contributed by atoms with Gasteiger partial charge in [-0.3, -0.25) is 0 Å². The van der Waals surface area contributed by atoms with Crippen molar-refractivity contribution in [3.05, 3.63) is 57.5 Å². The summed E-state index contributed by atoms with van der Waals surface area (Å²) in [6.07, 6.45) is -4.09. The van der Waals surface area contributed by atoms with E-state index in [4.69, 9.17) is 0 Å². The molecule has 2 nitrogen and oxygen atoms in total. The van der Waals surface area contributed by atoms with Crippen LogP contribution < -0.4 is 4.74 Å². The van der Waals surface area contributed by atoms with Crippen LogP contribution in [0.15, 0.2) is 46.9 Å². The Hall–Kier alpha value is -1.60. The highest BCUT2D eigenvalue weighted by Gasteiger charge is 2.30. The first-order valence-electron chi connectivity index (χ1n) is 6.29. The SMILES string of the molecule is FC(F)(F)Oc1ccc(Cc2nc3ccc(Br)cc3s2)cc1. The number of ether oxygens (including phenoxy) is 1. The van der Waals surface area contributed by atoms with Crippen LogP contribution in [-0.2, 0) is 6.42 Å². The maximum atomic E-state index is 12.1. The van der Waals surface area contributed by atoms with Gasteiger partial charge in [0.25, 0.3) is 0 Å². The van der Waals surface area contributed by atoms with E-state index in [1.54, 1.807) is 23.5 Å². The van der Waals surface area contributed by atoms with Crippen LogP contribution in [-0.4, -0.2) is 11.3 Å². The summed E-state index contributed by atoms with van der Waals surface area (Å²) in [5.74, 6) is -0.218. The Morgan fingerprint density at radius 2 is 1.82 bits per heavy atom. The molecule has 3 rings (SSSR count). The second kappa shape index (κ2) is 5.89. The van der Waals surface area contributed by atoms with Crippen molar-refractivity contribution < 1.29 is 17.9 Å². The third-order valence-corrected chi connectivity index (χ3v) is 4.42. The topological polar surface area (TPSA) is 22.1 Å². The molecule has 0 amide bonds. The Labute approximate surface area is 136 Å². The monoisotopic (exact) mass is 387 g/mol. The number of hydrogen-bond donors (Lipinski definition) is 0. The van der Waals surface area contributed by atoms with Gasteiger partial charge < -0.3 is 4.74 Å². The van der Waals surface area contributed by atoms with Crippen molar-refractivity contribution in [1.29, 1.82) is 0 Å². The van der Waals surface area contributed by atoms with Gasteiger partial charge in [0.1, 0.15) is 5.75 Å². The Kier molecular flexibility index (Phi) is 4.10. The molecular weight excluding hydrogens is 379 g/mol. The highest BCUT2D eigenvalue weighted by molar-refractivity contribution is 9.10. The number of fused-ring (bicyclic) bond motifs is 1. The molecule has 3 aromatic rings. The largest absolute Gasteiger partial charge is 0.573 e. The molecule has 22 heavy (non-hydrogen) atoms. The van der Waals surface area contributed by atoms with E-state index in [9.17, 15) is 13.2 Å². The van der Waals surface area contributed by atoms with E-state index < -0.39 is 6.36 Å². The van der Waals surface area contributed by atoms with Crippen LogP contribution in [0.3, 0.4) is 0 Å². The van der Waals surface area contributed by atoms with E-state index in [0.717, 1.165) is 25.3 Å². The predicted molar refractivity (Wildman–Crippen MR) is 83.3 cm³/mol. The van der Waals surface area contributed by atoms with Crippen LogP contribution >= 0.6 is 27.3 Å². The third kappa shape index (κ3) is 3.78. The zero-order valence-electron chi connectivity index (χ0n) is 11.0. The maximum Gasteiger partial charge on any atom is 0.573 e. The molecular formula is C15H9BrF3NOS. The molecule has 0 aliphatic rings. The van der Waals surface area contributed by atoms with Crippen molar-refractivity contribution >= 4 is 37.5 Å². The summed E-state index contributed by atoms with van der Waals surface area (Å²) in [6.45, 7) is 0. The standard InChI is InChI=1S/C15H9BrF3NOS/c16-10-3-6-12-13(8-10)22-14(20-12)7-9-1-4-11(5-2-9)21-15(17,18)19/h1-6,8H,7H2. The van der Waals surface area contributed by atoms with E-state index in [2.05, 4.69) is 25.7 Å². The highest BCUT2D eigenvalue weighted by atomic mass is 79.9. The third-order valence-electron chi connectivity index (χ3n) is 2.91. The fourth-order valence-corrected chi connectivity index (χ4v) is 3.56. The van der Waals surface area contributed by atoms with Gasteiger partial charge in [-0.15, -0.1) is 24.5 Å². The lowest BCUT2D eigenvalue weighted by Crippen LogP contribution is -2.17. The summed E-state index contributed by atoms with van der Waals surface area (Å²) in [4.78, 5) is 4.52. The molecule has 0 atom stereocenters. The minimum Gasteiger partial charge on any atom is -0.406 e.